The fourth-order valence-electron chi connectivity index (χ4n) is 8.05. The van der Waals surface area contributed by atoms with E-state index in [1.165, 1.54) is 17.0 Å². The maximum Gasteiger partial charge on any atom is 0.247 e. The highest BCUT2D eigenvalue weighted by atomic mass is 16.6. The number of phenols is 1. The molecular formula is C44H48N8O10. The van der Waals surface area contributed by atoms with Crippen LogP contribution in [0.25, 0.3) is 16.5 Å². The lowest BCUT2D eigenvalue weighted by molar-refractivity contribution is -0.143. The molecule has 1 unspecified atom stereocenters. The number of allylic oxidation sites excluding steroid dienone is 1. The van der Waals surface area contributed by atoms with Crippen LogP contribution in [0.5, 0.6) is 11.5 Å². The van der Waals surface area contributed by atoms with Crippen LogP contribution in [-0.2, 0) is 46.4 Å². The molecule has 10 N–H and O–H groups in total. The fraction of sp³-hybridized carbons (Fsp3) is 0.341. The van der Waals surface area contributed by atoms with Crippen molar-refractivity contribution in [2.24, 2.45) is 5.73 Å². The minimum atomic E-state index is -1.41. The number of rotatable bonds is 15. The Labute approximate surface area is 355 Å². The van der Waals surface area contributed by atoms with Crippen molar-refractivity contribution in [1.29, 1.82) is 0 Å². The highest BCUT2D eigenvalue weighted by Gasteiger charge is 2.41. The van der Waals surface area contributed by atoms with Gasteiger partial charge in [0.2, 0.25) is 47.6 Å². The van der Waals surface area contributed by atoms with Crippen LogP contribution >= 0.6 is 0 Å². The summed E-state index contributed by atoms with van der Waals surface area (Å²) in [5.74, 6) is -4.23. The van der Waals surface area contributed by atoms with Gasteiger partial charge in [-0.05, 0) is 79.3 Å². The predicted octanol–water partition coefficient (Wildman–Crippen LogP) is 1.01. The Morgan fingerprint density at radius 1 is 0.903 bits per heavy atom. The van der Waals surface area contributed by atoms with Crippen molar-refractivity contribution in [2.75, 3.05) is 11.9 Å². The first kappa shape index (κ1) is 42.9. The number of para-hydroxylation sites is 1. The molecule has 18 heteroatoms. The van der Waals surface area contributed by atoms with Crippen molar-refractivity contribution in [2.45, 2.75) is 88.4 Å². The van der Waals surface area contributed by atoms with Crippen molar-refractivity contribution in [3.05, 3.63) is 95.7 Å². The Hall–Kier alpha value is -7.21. The number of fused-ring (bicyclic) bond motifs is 2. The third-order valence-electron chi connectivity index (χ3n) is 11.2. The average Bonchev–Trinajstić information content (AvgIpc) is 4.01. The number of aromatic nitrogens is 1. The van der Waals surface area contributed by atoms with E-state index < -0.39 is 78.4 Å². The monoisotopic (exact) mass is 848 g/mol. The molecule has 62 heavy (non-hydrogen) atoms. The molecule has 18 nitrogen and oxygen atoms in total. The molecule has 2 saturated heterocycles. The SMILES string of the molecule is CC1=CC(O)Oc2cc(NC(=O)[C@@H](Cc3ccc(O)cc3)NC(=O)[C@@H](Cc3c[nH]c4ccccc34)NC(=O)[C@@H]3CCCN3C(=O)[C@H](CC(N)=O)NC(=O)[C@@H]3CCC(=O)N3)ccc21. The first-order valence-corrected chi connectivity index (χ1v) is 20.3. The second-order valence-corrected chi connectivity index (χ2v) is 15.7. The van der Waals surface area contributed by atoms with Crippen molar-refractivity contribution < 1.29 is 48.5 Å². The molecule has 3 aliphatic rings. The fourth-order valence-corrected chi connectivity index (χ4v) is 8.05. The molecule has 6 atom stereocenters. The summed E-state index contributed by atoms with van der Waals surface area (Å²) in [6.45, 7) is 1.93. The quantitative estimate of drug-likeness (QED) is 0.0819. The summed E-state index contributed by atoms with van der Waals surface area (Å²) in [7, 11) is 0. The minimum Gasteiger partial charge on any atom is -0.508 e. The number of H-pyrrole nitrogens is 1. The van der Waals surface area contributed by atoms with Gasteiger partial charge in [0.15, 0.2) is 0 Å². The van der Waals surface area contributed by atoms with E-state index in [2.05, 4.69) is 31.6 Å². The molecular weight excluding hydrogens is 801 g/mol. The summed E-state index contributed by atoms with van der Waals surface area (Å²) in [5, 5.41) is 34.4. The molecule has 0 saturated carbocycles. The standard InChI is InChI=1S/C44H48N8O10/c1-23-17-39(56)62-36-20-26(10-13-28(23)36)47-41(58)32(18-24-8-11-27(53)12-9-24)49-42(59)33(19-25-22-46-30-6-3-2-5-29(25)30)50-43(60)35-7-4-16-52(35)44(61)34(21-37(45)54)51-40(57)31-14-15-38(55)48-31/h2-3,5-6,8-13,17,20,22,31-35,39,46,53,56H,4,7,14-16,18-19,21H2,1H3,(H2,45,54)(H,47,58)(H,48,55)(H,49,59)(H,50,60)(H,51,57)/t31-,32+,33+,34-,35-,39?/m0/s1. The van der Waals surface area contributed by atoms with Crippen LogP contribution < -0.4 is 37.1 Å². The molecule has 2 fully saturated rings. The molecule has 0 spiro atoms. The van der Waals surface area contributed by atoms with Gasteiger partial charge >= 0.3 is 0 Å². The summed E-state index contributed by atoms with van der Waals surface area (Å²) in [4.78, 5) is 98.1. The highest BCUT2D eigenvalue weighted by molar-refractivity contribution is 6.01. The summed E-state index contributed by atoms with van der Waals surface area (Å²) in [6, 6.07) is 12.6. The van der Waals surface area contributed by atoms with Crippen molar-refractivity contribution in [3.8, 4) is 11.5 Å². The zero-order chi connectivity index (χ0) is 44.1. The molecule has 0 radical (unpaired) electrons. The van der Waals surface area contributed by atoms with Crippen LogP contribution in [0.3, 0.4) is 0 Å². The van der Waals surface area contributed by atoms with E-state index in [0.29, 0.717) is 29.0 Å². The van der Waals surface area contributed by atoms with Gasteiger partial charge in [0, 0.05) is 60.2 Å². The largest absolute Gasteiger partial charge is 0.508 e. The smallest absolute Gasteiger partial charge is 0.247 e. The molecule has 7 rings (SSSR count). The minimum absolute atomic E-state index is 0.00552. The number of nitrogens with zero attached hydrogens (tertiary/aromatic N) is 1. The number of carbonyl (C=O) groups excluding carboxylic acids is 7. The average molecular weight is 849 g/mol. The van der Waals surface area contributed by atoms with Crippen LogP contribution in [0.1, 0.15) is 55.7 Å². The number of anilines is 1. The Morgan fingerprint density at radius 3 is 2.39 bits per heavy atom. The predicted molar refractivity (Wildman–Crippen MR) is 225 cm³/mol. The van der Waals surface area contributed by atoms with Gasteiger partial charge in [0.1, 0.15) is 41.7 Å². The number of aromatic hydroxyl groups is 1. The number of nitrogens with two attached hydrogens (primary N) is 1. The Kier molecular flexibility index (Phi) is 12.9. The van der Waals surface area contributed by atoms with E-state index in [1.807, 2.05) is 31.2 Å². The van der Waals surface area contributed by atoms with Gasteiger partial charge < -0.3 is 57.2 Å². The van der Waals surface area contributed by atoms with E-state index >= 15 is 0 Å². The summed E-state index contributed by atoms with van der Waals surface area (Å²) < 4.78 is 5.56. The lowest BCUT2D eigenvalue weighted by Gasteiger charge is -2.30. The van der Waals surface area contributed by atoms with Gasteiger partial charge in [-0.1, -0.05) is 30.3 Å². The Bertz CT molecular complexity index is 2430. The number of ether oxygens (including phenoxy) is 1. The third kappa shape index (κ3) is 10.0. The summed E-state index contributed by atoms with van der Waals surface area (Å²) in [6.07, 6.45) is 2.45. The van der Waals surface area contributed by atoms with Crippen LogP contribution in [0.4, 0.5) is 5.69 Å². The van der Waals surface area contributed by atoms with Gasteiger partial charge in [-0.2, -0.15) is 0 Å². The zero-order valence-corrected chi connectivity index (χ0v) is 33.8. The molecule has 4 aromatic rings. The number of likely N-dealkylation sites (tertiary alicyclic amines) is 1. The van der Waals surface area contributed by atoms with E-state index in [-0.39, 0.29) is 50.3 Å². The second kappa shape index (κ2) is 18.6. The number of primary amides is 1. The summed E-state index contributed by atoms with van der Waals surface area (Å²) >= 11 is 0. The van der Waals surface area contributed by atoms with Crippen molar-refractivity contribution >= 4 is 63.5 Å². The normalized spacial score (nSPS) is 19.5. The first-order chi connectivity index (χ1) is 29.7. The van der Waals surface area contributed by atoms with E-state index in [1.54, 1.807) is 42.6 Å². The molecule has 324 valence electrons. The number of nitrogens with one attached hydrogen (secondary N) is 6. The Morgan fingerprint density at radius 2 is 1.65 bits per heavy atom. The highest BCUT2D eigenvalue weighted by Crippen LogP contribution is 2.33. The number of benzene rings is 3. The topological polar surface area (TPSA) is 274 Å². The molecule has 1 aromatic heterocycles. The van der Waals surface area contributed by atoms with Crippen LogP contribution in [0, 0.1) is 0 Å². The van der Waals surface area contributed by atoms with Gasteiger partial charge in [-0.25, -0.2) is 0 Å². The van der Waals surface area contributed by atoms with Gasteiger partial charge in [0.05, 0.1) is 6.42 Å². The van der Waals surface area contributed by atoms with Crippen molar-refractivity contribution in [3.63, 3.8) is 0 Å². The number of amides is 7. The maximum atomic E-state index is 14.5. The number of hydrogen-bond acceptors (Lipinski definition) is 10. The molecule has 4 heterocycles. The number of aromatic amines is 1. The third-order valence-corrected chi connectivity index (χ3v) is 11.2. The lowest BCUT2D eigenvalue weighted by atomic mass is 10.0. The van der Waals surface area contributed by atoms with Crippen molar-refractivity contribution in [1.82, 2.24) is 31.2 Å². The number of aliphatic hydroxyl groups excluding tert-OH is 1. The molecule has 3 aliphatic heterocycles. The zero-order valence-electron chi connectivity index (χ0n) is 33.8. The maximum absolute atomic E-state index is 14.5. The van der Waals surface area contributed by atoms with E-state index in [9.17, 15) is 43.8 Å². The van der Waals surface area contributed by atoms with Crippen LogP contribution in [-0.4, -0.2) is 104 Å². The van der Waals surface area contributed by atoms with E-state index in [0.717, 1.165) is 22.0 Å². The number of hydrogen-bond donors (Lipinski definition) is 9. The molecule has 3 aromatic carbocycles. The van der Waals surface area contributed by atoms with Gasteiger partial charge in [0.25, 0.3) is 0 Å². The summed E-state index contributed by atoms with van der Waals surface area (Å²) in [5.41, 5.74) is 9.38. The lowest BCUT2D eigenvalue weighted by Crippen LogP contribution is -2.59. The van der Waals surface area contributed by atoms with E-state index in [4.69, 9.17) is 10.5 Å². The Balaban J connectivity index is 1.13. The number of phenolic OH excluding ortho intramolecular Hbond substituents is 1. The number of carbonyl (C=O) groups is 7. The van der Waals surface area contributed by atoms with Gasteiger partial charge in [-0.15, -0.1) is 0 Å². The molecule has 7 amide bonds. The van der Waals surface area contributed by atoms with Crippen LogP contribution in [0.15, 0.2) is 79.0 Å². The van der Waals surface area contributed by atoms with Gasteiger partial charge in [-0.3, -0.25) is 33.6 Å². The number of aliphatic hydroxyl groups is 1. The molecule has 0 bridgehead atoms. The van der Waals surface area contributed by atoms with Crippen LogP contribution in [0.2, 0.25) is 0 Å². The first-order valence-electron chi connectivity index (χ1n) is 20.3. The molecule has 0 aliphatic carbocycles. The second-order valence-electron chi connectivity index (χ2n) is 15.7.